The second-order valence-corrected chi connectivity index (χ2v) is 16.1. The lowest BCUT2D eigenvalue weighted by Gasteiger charge is -2.41. The van der Waals surface area contributed by atoms with E-state index in [2.05, 4.69) is 19.2 Å². The number of amides is 1. The van der Waals surface area contributed by atoms with Crippen LogP contribution < -0.4 is 5.32 Å². The molecule has 0 aromatic rings. The molecule has 9 N–H and O–H groups in total. The molecule has 0 spiro atoms. The van der Waals surface area contributed by atoms with E-state index in [-0.39, 0.29) is 12.8 Å². The van der Waals surface area contributed by atoms with Crippen molar-refractivity contribution in [3.63, 3.8) is 0 Å². The molecule has 1 saturated carbocycles. The normalized spacial score (nSPS) is 25.3. The molecular weight excluding hydrogens is 681 g/mol. The molecule has 0 aromatic carbocycles. The summed E-state index contributed by atoms with van der Waals surface area (Å²) in [5.41, 5.74) is 0. The summed E-state index contributed by atoms with van der Waals surface area (Å²) in [4.78, 5) is 23.3. The number of carbonyl (C=O) groups excluding carboxylic acids is 1. The van der Waals surface area contributed by atoms with E-state index >= 15 is 0 Å². The summed E-state index contributed by atoms with van der Waals surface area (Å²) in [5, 5.41) is 74.1. The van der Waals surface area contributed by atoms with E-state index in [4.69, 9.17) is 9.05 Å². The Morgan fingerprint density at radius 2 is 0.980 bits per heavy atom. The minimum atomic E-state index is -5.10. The fourth-order valence-corrected chi connectivity index (χ4v) is 7.56. The van der Waals surface area contributed by atoms with Crippen molar-refractivity contribution in [3.05, 3.63) is 0 Å². The summed E-state index contributed by atoms with van der Waals surface area (Å²) in [5.74, 6) is -0.562. The number of hydrogen-bond acceptors (Lipinski definition) is 11. The number of carbonyl (C=O) groups is 1. The van der Waals surface area contributed by atoms with E-state index in [1.807, 2.05) is 0 Å². The van der Waals surface area contributed by atoms with Gasteiger partial charge >= 0.3 is 7.82 Å². The van der Waals surface area contributed by atoms with Gasteiger partial charge in [-0.15, -0.1) is 0 Å². The van der Waals surface area contributed by atoms with E-state index in [1.54, 1.807) is 0 Å². The van der Waals surface area contributed by atoms with Crippen molar-refractivity contribution in [2.75, 3.05) is 6.61 Å². The summed E-state index contributed by atoms with van der Waals surface area (Å²) in [6, 6.07) is -1.14. The van der Waals surface area contributed by atoms with Gasteiger partial charge in [0.05, 0.1) is 31.3 Å². The summed E-state index contributed by atoms with van der Waals surface area (Å²) in [6.45, 7) is 3.72. The lowest BCUT2D eigenvalue weighted by atomic mass is 9.85. The maximum Gasteiger partial charge on any atom is 0.472 e. The second-order valence-electron chi connectivity index (χ2n) is 14.7. The van der Waals surface area contributed by atoms with Crippen LogP contribution >= 0.6 is 7.82 Å². The summed E-state index contributed by atoms with van der Waals surface area (Å²) in [7, 11) is -5.10. The molecule has 304 valence electrons. The Morgan fingerprint density at radius 1 is 0.608 bits per heavy atom. The van der Waals surface area contributed by atoms with Crippen LogP contribution in [0, 0.1) is 0 Å². The van der Waals surface area contributed by atoms with E-state index in [1.165, 1.54) is 77.0 Å². The van der Waals surface area contributed by atoms with Gasteiger partial charge in [0, 0.05) is 0 Å². The Labute approximate surface area is 307 Å². The number of unbranched alkanes of at least 4 members (excludes halogenated alkanes) is 19. The first-order chi connectivity index (χ1) is 24.3. The summed E-state index contributed by atoms with van der Waals surface area (Å²) in [6.07, 6.45) is 10.4. The summed E-state index contributed by atoms with van der Waals surface area (Å²) < 4.78 is 22.8. The zero-order chi connectivity index (χ0) is 38.1. The Bertz CT molecular complexity index is 901. The van der Waals surface area contributed by atoms with Crippen molar-refractivity contribution in [2.24, 2.45) is 0 Å². The molecule has 0 heterocycles. The topological polar surface area (TPSA) is 226 Å². The molecule has 0 saturated heterocycles. The third-order valence-electron chi connectivity index (χ3n) is 9.97. The van der Waals surface area contributed by atoms with Gasteiger partial charge in [-0.05, 0) is 12.8 Å². The average molecular weight is 756 g/mol. The predicted octanol–water partition coefficient (Wildman–Crippen LogP) is 4.92. The molecule has 1 rings (SSSR count). The van der Waals surface area contributed by atoms with Crippen molar-refractivity contribution in [1.82, 2.24) is 5.32 Å². The standard InChI is InChI=1S/C37H74NO12P/c1-3-5-7-9-11-13-15-17-19-21-23-25-30(40)29(27-49-51(47,48)50-37-35(45)33(43)32(42)34(44)36(37)46)38-31(41)26-28(39)24-22-20-18-16-14-12-10-8-6-4-2/h28-30,32-37,39-40,42-46H,3-27H2,1-2H3,(H,38,41)(H,47,48). The largest absolute Gasteiger partial charge is 0.472 e. The molecular formula is C37H74NO12P. The number of hydrogen-bond donors (Lipinski definition) is 9. The number of rotatable bonds is 32. The van der Waals surface area contributed by atoms with Crippen LogP contribution in [0.5, 0.6) is 0 Å². The van der Waals surface area contributed by atoms with Gasteiger partial charge < -0.3 is 46.0 Å². The third kappa shape index (κ3) is 21.7. The first-order valence-corrected chi connectivity index (χ1v) is 21.6. The van der Waals surface area contributed by atoms with Crippen molar-refractivity contribution in [1.29, 1.82) is 0 Å². The van der Waals surface area contributed by atoms with Gasteiger partial charge in [0.25, 0.3) is 0 Å². The van der Waals surface area contributed by atoms with Crippen molar-refractivity contribution in [2.45, 2.75) is 223 Å². The molecule has 0 bridgehead atoms. The fourth-order valence-electron chi connectivity index (χ4n) is 6.60. The van der Waals surface area contributed by atoms with Gasteiger partial charge in [-0.1, -0.05) is 149 Å². The molecule has 1 fully saturated rings. The molecule has 1 aliphatic rings. The maximum atomic E-state index is 12.9. The van der Waals surface area contributed by atoms with Crippen LogP contribution in [0.2, 0.25) is 0 Å². The average Bonchev–Trinajstić information content (AvgIpc) is 3.09. The number of phosphoric acid groups is 1. The molecule has 8 unspecified atom stereocenters. The lowest BCUT2D eigenvalue weighted by molar-refractivity contribution is -0.220. The Morgan fingerprint density at radius 3 is 1.41 bits per heavy atom. The van der Waals surface area contributed by atoms with E-state index in [0.29, 0.717) is 12.8 Å². The van der Waals surface area contributed by atoms with Crippen molar-refractivity contribution >= 4 is 13.7 Å². The van der Waals surface area contributed by atoms with Crippen molar-refractivity contribution < 1.29 is 59.0 Å². The van der Waals surface area contributed by atoms with Gasteiger partial charge in [-0.25, -0.2) is 4.57 Å². The smallest absolute Gasteiger partial charge is 0.393 e. The molecule has 14 heteroatoms. The molecule has 51 heavy (non-hydrogen) atoms. The minimum Gasteiger partial charge on any atom is -0.393 e. The molecule has 13 nitrogen and oxygen atoms in total. The van der Waals surface area contributed by atoms with Crippen LogP contribution in [0.4, 0.5) is 0 Å². The van der Waals surface area contributed by atoms with Gasteiger partial charge in [-0.3, -0.25) is 13.8 Å². The molecule has 1 aliphatic carbocycles. The van der Waals surface area contributed by atoms with Crippen LogP contribution in [0.25, 0.3) is 0 Å². The second kappa shape index (κ2) is 28.7. The first-order valence-electron chi connectivity index (χ1n) is 20.1. The molecule has 0 radical (unpaired) electrons. The summed E-state index contributed by atoms with van der Waals surface area (Å²) >= 11 is 0. The quantitative estimate of drug-likeness (QED) is 0.0330. The fraction of sp³-hybridized carbons (Fsp3) is 0.973. The van der Waals surface area contributed by atoms with E-state index in [0.717, 1.165) is 51.4 Å². The number of aliphatic hydroxyl groups is 7. The van der Waals surface area contributed by atoms with Crippen molar-refractivity contribution in [3.8, 4) is 0 Å². The zero-order valence-corrected chi connectivity index (χ0v) is 32.4. The van der Waals surface area contributed by atoms with Crippen LogP contribution in [0.1, 0.15) is 168 Å². The van der Waals surface area contributed by atoms with Crippen LogP contribution in [-0.2, 0) is 18.4 Å². The maximum absolute atomic E-state index is 12.9. The van der Waals surface area contributed by atoms with Gasteiger partial charge in [0.2, 0.25) is 5.91 Å². The monoisotopic (exact) mass is 755 g/mol. The van der Waals surface area contributed by atoms with Gasteiger partial charge in [0.1, 0.15) is 36.6 Å². The molecule has 0 aliphatic heterocycles. The Hall–Kier alpha value is -0.700. The molecule has 1 amide bonds. The molecule has 0 aromatic heterocycles. The van der Waals surface area contributed by atoms with E-state index in [9.17, 15) is 50.0 Å². The SMILES string of the molecule is CCCCCCCCCCCCCC(O)C(COP(=O)(O)OC1C(O)C(O)C(O)C(O)C1O)NC(=O)CC(O)CCCCCCCCCCCC. The molecule has 8 atom stereocenters. The highest BCUT2D eigenvalue weighted by Gasteiger charge is 2.51. The zero-order valence-electron chi connectivity index (χ0n) is 31.5. The minimum absolute atomic E-state index is 0.217. The third-order valence-corrected chi connectivity index (χ3v) is 11.0. The Balaban J connectivity index is 2.62. The first kappa shape index (κ1) is 48.3. The number of nitrogens with one attached hydrogen (secondary N) is 1. The lowest BCUT2D eigenvalue weighted by Crippen LogP contribution is -2.64. The van der Waals surface area contributed by atoms with Crippen LogP contribution in [-0.4, -0.2) is 108 Å². The van der Waals surface area contributed by atoms with Gasteiger partial charge in [-0.2, -0.15) is 0 Å². The highest BCUT2D eigenvalue weighted by atomic mass is 31.2. The Kier molecular flexibility index (Phi) is 27.2. The van der Waals surface area contributed by atoms with E-state index < -0.39 is 75.2 Å². The predicted molar refractivity (Wildman–Crippen MR) is 197 cm³/mol. The van der Waals surface area contributed by atoms with Gasteiger partial charge in [0.15, 0.2) is 0 Å². The highest BCUT2D eigenvalue weighted by molar-refractivity contribution is 7.47. The highest BCUT2D eigenvalue weighted by Crippen LogP contribution is 2.47. The number of phosphoric ester groups is 1. The van der Waals surface area contributed by atoms with Crippen LogP contribution in [0.15, 0.2) is 0 Å². The number of aliphatic hydroxyl groups excluding tert-OH is 7. The van der Waals surface area contributed by atoms with Crippen LogP contribution in [0.3, 0.4) is 0 Å².